The Balaban J connectivity index is 1.46. The van der Waals surface area contributed by atoms with Crippen molar-refractivity contribution in [2.45, 2.75) is 32.4 Å². The van der Waals surface area contributed by atoms with E-state index < -0.39 is 23.8 Å². The lowest BCUT2D eigenvalue weighted by molar-refractivity contribution is -0.129. The van der Waals surface area contributed by atoms with Gasteiger partial charge in [-0.1, -0.05) is 30.3 Å². The largest absolute Gasteiger partial charge is 0.497 e. The second-order valence-corrected chi connectivity index (χ2v) is 10.4. The van der Waals surface area contributed by atoms with Crippen LogP contribution >= 0.6 is 0 Å². The summed E-state index contributed by atoms with van der Waals surface area (Å²) in [6.07, 6.45) is 2.09. The number of pyridine rings is 1. The number of oxazole rings is 1. The molecule has 2 aromatic heterocycles. The van der Waals surface area contributed by atoms with E-state index in [1.807, 2.05) is 36.4 Å². The van der Waals surface area contributed by atoms with Crippen LogP contribution in [0.3, 0.4) is 0 Å². The van der Waals surface area contributed by atoms with Crippen molar-refractivity contribution in [2.24, 2.45) is 0 Å². The summed E-state index contributed by atoms with van der Waals surface area (Å²) >= 11 is 0. The number of amides is 3. The van der Waals surface area contributed by atoms with Gasteiger partial charge in [-0.3, -0.25) is 19.4 Å². The number of rotatable bonds is 5. The number of fused-ring (bicyclic) bond motifs is 5. The molecule has 0 saturated heterocycles. The maximum Gasteiger partial charge on any atom is 0.273 e. The quantitative estimate of drug-likeness (QED) is 0.346. The maximum absolute atomic E-state index is 13.6. The fraction of sp³-hybridized carbons (Fsp3) is 0.303. The number of aryl methyl sites for hydroxylation is 1. The third-order valence-corrected chi connectivity index (χ3v) is 7.31. The number of ether oxygens (including phenoxy) is 3. The summed E-state index contributed by atoms with van der Waals surface area (Å²) in [5.74, 6) is 0.992. The van der Waals surface area contributed by atoms with Crippen LogP contribution in [-0.2, 0) is 22.6 Å². The highest BCUT2D eigenvalue weighted by Crippen LogP contribution is 2.33. The standard InChI is InChI=1S/C33H35N5O7/c1-21-27-19-35-31(40)25(16-22-8-5-4-6-9-22)36-30(39)20-38(33(41)26-18-24(42-2)12-13-34-26)14-7-15-44-29-17-23(32(37-27)45-21)10-11-28(29)43-3/h4-6,8-13,17-18,25H,7,14-16,19-20H2,1-3H3,(H,35,40)(H,36,39)/t25-/m1/s1. The van der Waals surface area contributed by atoms with Crippen molar-refractivity contribution in [2.75, 3.05) is 33.9 Å². The van der Waals surface area contributed by atoms with Crippen molar-refractivity contribution in [3.8, 4) is 28.7 Å². The zero-order valence-electron chi connectivity index (χ0n) is 25.4. The molecule has 0 radical (unpaired) electrons. The Morgan fingerprint density at radius 3 is 2.67 bits per heavy atom. The third kappa shape index (κ3) is 7.77. The topological polar surface area (TPSA) is 145 Å². The van der Waals surface area contributed by atoms with Gasteiger partial charge in [0.1, 0.15) is 28.9 Å². The van der Waals surface area contributed by atoms with Crippen LogP contribution in [0.25, 0.3) is 11.5 Å². The molecule has 1 aliphatic heterocycles. The molecule has 1 aliphatic rings. The molecule has 12 nitrogen and oxygen atoms in total. The molecular weight excluding hydrogens is 578 g/mol. The summed E-state index contributed by atoms with van der Waals surface area (Å²) in [6, 6.07) is 16.9. The number of benzene rings is 2. The number of methoxy groups -OCH3 is 2. The first-order chi connectivity index (χ1) is 21.8. The highest BCUT2D eigenvalue weighted by molar-refractivity contribution is 5.96. The minimum absolute atomic E-state index is 0.0843. The molecule has 0 spiro atoms. The molecule has 3 amide bonds. The fourth-order valence-electron chi connectivity index (χ4n) is 4.91. The van der Waals surface area contributed by atoms with Crippen LogP contribution in [0.15, 0.2) is 71.3 Å². The Kier molecular flexibility index (Phi) is 9.93. The van der Waals surface area contributed by atoms with E-state index in [1.165, 1.54) is 24.3 Å². The van der Waals surface area contributed by atoms with Crippen LogP contribution < -0.4 is 24.8 Å². The lowest BCUT2D eigenvalue weighted by Crippen LogP contribution is -2.51. The average molecular weight is 614 g/mol. The number of carbonyl (C=O) groups excluding carboxylic acids is 3. The minimum atomic E-state index is -0.912. The number of hydrogen-bond acceptors (Lipinski definition) is 9. The predicted molar refractivity (Wildman–Crippen MR) is 164 cm³/mol. The number of carbonyl (C=O) groups is 3. The van der Waals surface area contributed by atoms with E-state index in [4.69, 9.17) is 18.6 Å². The van der Waals surface area contributed by atoms with E-state index in [-0.39, 0.29) is 38.4 Å². The molecule has 0 saturated carbocycles. The number of nitrogens with one attached hydrogen (secondary N) is 2. The van der Waals surface area contributed by atoms with Gasteiger partial charge in [-0.2, -0.15) is 0 Å². The van der Waals surface area contributed by atoms with E-state index in [2.05, 4.69) is 20.6 Å². The molecule has 0 aliphatic carbocycles. The van der Waals surface area contributed by atoms with Gasteiger partial charge in [0, 0.05) is 30.8 Å². The smallest absolute Gasteiger partial charge is 0.273 e. The molecule has 12 heteroatoms. The van der Waals surface area contributed by atoms with E-state index in [0.717, 1.165) is 5.56 Å². The Morgan fingerprint density at radius 1 is 1.07 bits per heavy atom. The number of nitrogens with zero attached hydrogens (tertiary/aromatic N) is 3. The van der Waals surface area contributed by atoms with Gasteiger partial charge in [-0.15, -0.1) is 0 Å². The average Bonchev–Trinajstić information content (AvgIpc) is 3.44. The fourth-order valence-corrected chi connectivity index (χ4v) is 4.91. The molecule has 4 aromatic rings. The molecular formula is C33H35N5O7. The monoisotopic (exact) mass is 613 g/mol. The molecule has 234 valence electrons. The summed E-state index contributed by atoms with van der Waals surface area (Å²) in [5, 5.41) is 5.72. The van der Waals surface area contributed by atoms with Gasteiger partial charge in [0.25, 0.3) is 5.91 Å². The Bertz CT molecular complexity index is 1660. The SMILES string of the molecule is COc1ccnc(C(=O)N2CCCOc3cc(ccc3OC)-c3nc(c(C)o3)CNC(=O)[C@@H](Cc3ccccc3)NC(=O)C2)c1. The van der Waals surface area contributed by atoms with E-state index in [0.29, 0.717) is 46.6 Å². The van der Waals surface area contributed by atoms with Crippen molar-refractivity contribution < 1.29 is 33.0 Å². The second kappa shape index (κ2) is 14.4. The Labute approximate surface area is 260 Å². The van der Waals surface area contributed by atoms with Gasteiger partial charge in [-0.25, -0.2) is 4.98 Å². The number of aromatic nitrogens is 2. The molecule has 5 rings (SSSR count). The zero-order valence-corrected chi connectivity index (χ0v) is 25.4. The third-order valence-electron chi connectivity index (χ3n) is 7.31. The van der Waals surface area contributed by atoms with Crippen molar-refractivity contribution in [1.29, 1.82) is 0 Å². The lowest BCUT2D eigenvalue weighted by Gasteiger charge is -2.24. The van der Waals surface area contributed by atoms with Crippen molar-refractivity contribution in [3.63, 3.8) is 0 Å². The van der Waals surface area contributed by atoms with Gasteiger partial charge < -0.3 is 34.2 Å². The first kappa shape index (κ1) is 31.0. The molecule has 2 N–H and O–H groups in total. The normalized spacial score (nSPS) is 16.0. The summed E-state index contributed by atoms with van der Waals surface area (Å²) in [7, 11) is 3.04. The van der Waals surface area contributed by atoms with Crippen molar-refractivity contribution in [1.82, 2.24) is 25.5 Å². The first-order valence-corrected chi connectivity index (χ1v) is 14.5. The molecule has 45 heavy (non-hydrogen) atoms. The van der Waals surface area contributed by atoms with Gasteiger partial charge in [0.05, 0.1) is 33.9 Å². The van der Waals surface area contributed by atoms with E-state index in [1.54, 1.807) is 32.2 Å². The summed E-state index contributed by atoms with van der Waals surface area (Å²) in [4.78, 5) is 50.7. The van der Waals surface area contributed by atoms with E-state index >= 15 is 0 Å². The van der Waals surface area contributed by atoms with Crippen molar-refractivity contribution >= 4 is 17.7 Å². The molecule has 1 atom stereocenters. The summed E-state index contributed by atoms with van der Waals surface area (Å²) in [6.45, 7) is 1.94. The summed E-state index contributed by atoms with van der Waals surface area (Å²) in [5.41, 5.74) is 2.20. The molecule has 2 aromatic carbocycles. The zero-order chi connectivity index (χ0) is 31.8. The molecule has 4 bridgehead atoms. The molecule has 3 heterocycles. The lowest BCUT2D eigenvalue weighted by atomic mass is 10.0. The van der Waals surface area contributed by atoms with Crippen LogP contribution in [0.2, 0.25) is 0 Å². The predicted octanol–water partition coefficient (Wildman–Crippen LogP) is 3.33. The van der Waals surface area contributed by atoms with E-state index in [9.17, 15) is 14.4 Å². The maximum atomic E-state index is 13.6. The highest BCUT2D eigenvalue weighted by Gasteiger charge is 2.26. The number of hydrogen-bond donors (Lipinski definition) is 2. The second-order valence-electron chi connectivity index (χ2n) is 10.4. The van der Waals surface area contributed by atoms with Crippen LogP contribution in [0, 0.1) is 6.92 Å². The van der Waals surface area contributed by atoms with Crippen molar-refractivity contribution in [3.05, 3.63) is 89.6 Å². The van der Waals surface area contributed by atoms with Gasteiger partial charge in [-0.05, 0) is 43.2 Å². The van der Waals surface area contributed by atoms with Crippen LogP contribution in [0.5, 0.6) is 17.2 Å². The van der Waals surface area contributed by atoms with Gasteiger partial charge in [0.15, 0.2) is 11.5 Å². The molecule has 0 unspecified atom stereocenters. The first-order valence-electron chi connectivity index (χ1n) is 14.5. The summed E-state index contributed by atoms with van der Waals surface area (Å²) < 4.78 is 22.7. The van der Waals surface area contributed by atoms with Crippen LogP contribution in [0.4, 0.5) is 0 Å². The molecule has 0 fully saturated rings. The van der Waals surface area contributed by atoms with Gasteiger partial charge in [0.2, 0.25) is 17.7 Å². The van der Waals surface area contributed by atoms with Gasteiger partial charge >= 0.3 is 0 Å². The Hall–Kier alpha value is -5.39. The van der Waals surface area contributed by atoms with Crippen LogP contribution in [-0.4, -0.2) is 72.5 Å². The van der Waals surface area contributed by atoms with Crippen LogP contribution in [0.1, 0.15) is 33.9 Å². The Morgan fingerprint density at radius 2 is 1.89 bits per heavy atom. The highest BCUT2D eigenvalue weighted by atomic mass is 16.5. The minimum Gasteiger partial charge on any atom is -0.497 e.